The van der Waals surface area contributed by atoms with Gasteiger partial charge in [0.05, 0.1) is 12.6 Å². The third-order valence-electron chi connectivity index (χ3n) is 1.70. The number of thiophene rings is 1. The molecule has 1 rings (SSSR count). The van der Waals surface area contributed by atoms with Crippen molar-refractivity contribution in [2.75, 3.05) is 20.1 Å². The van der Waals surface area contributed by atoms with Gasteiger partial charge in [-0.1, -0.05) is 0 Å². The summed E-state index contributed by atoms with van der Waals surface area (Å²) in [6.07, 6.45) is 1.04. The molecular weight excluding hydrogens is 168 g/mol. The molecule has 0 aliphatic carbocycles. The lowest BCUT2D eigenvalue weighted by Crippen LogP contribution is -2.21. The number of rotatable bonds is 4. The molecule has 12 heavy (non-hydrogen) atoms. The van der Waals surface area contributed by atoms with Crippen LogP contribution in [0.5, 0.6) is 0 Å². The molecule has 0 N–H and O–H groups in total. The van der Waals surface area contributed by atoms with E-state index in [4.69, 9.17) is 5.26 Å². The fourth-order valence-electron chi connectivity index (χ4n) is 0.955. The lowest BCUT2D eigenvalue weighted by atomic mass is 10.2. The number of nitrogens with zero attached hydrogens (tertiary/aromatic N) is 2. The summed E-state index contributed by atoms with van der Waals surface area (Å²) in [7, 11) is 1.97. The Morgan fingerprint density at radius 1 is 1.67 bits per heavy atom. The zero-order valence-corrected chi connectivity index (χ0v) is 7.97. The summed E-state index contributed by atoms with van der Waals surface area (Å²) in [6.45, 7) is 1.48. The number of hydrogen-bond acceptors (Lipinski definition) is 3. The van der Waals surface area contributed by atoms with E-state index < -0.39 is 0 Å². The molecule has 1 aromatic rings. The maximum atomic E-state index is 8.40. The first-order chi connectivity index (χ1) is 5.83. The fourth-order valence-corrected chi connectivity index (χ4v) is 1.66. The molecule has 0 saturated heterocycles. The highest BCUT2D eigenvalue weighted by molar-refractivity contribution is 7.07. The van der Waals surface area contributed by atoms with Gasteiger partial charge in [0.2, 0.25) is 0 Å². The minimum absolute atomic E-state index is 0.518. The highest BCUT2D eigenvalue weighted by Gasteiger charge is 1.97. The van der Waals surface area contributed by atoms with Gasteiger partial charge in [-0.25, -0.2) is 0 Å². The maximum absolute atomic E-state index is 8.40. The molecule has 0 spiro atoms. The molecule has 0 aliphatic rings. The van der Waals surface area contributed by atoms with Crippen LogP contribution in [0, 0.1) is 11.3 Å². The molecule has 64 valence electrons. The van der Waals surface area contributed by atoms with Gasteiger partial charge in [-0.3, -0.25) is 4.90 Å². The van der Waals surface area contributed by atoms with E-state index in [-0.39, 0.29) is 0 Å². The summed E-state index contributed by atoms with van der Waals surface area (Å²) in [5.41, 5.74) is 1.37. The summed E-state index contributed by atoms with van der Waals surface area (Å²) in [6, 6.07) is 4.26. The smallest absolute Gasteiger partial charge is 0.0863 e. The van der Waals surface area contributed by atoms with Crippen molar-refractivity contribution in [1.29, 1.82) is 5.26 Å². The maximum Gasteiger partial charge on any atom is 0.0863 e. The Labute approximate surface area is 77.0 Å². The fraction of sp³-hybridized carbons (Fsp3) is 0.444. The van der Waals surface area contributed by atoms with E-state index in [9.17, 15) is 0 Å². The Morgan fingerprint density at radius 3 is 3.08 bits per heavy atom. The molecular formula is C9H12N2S. The van der Waals surface area contributed by atoms with Crippen molar-refractivity contribution in [3.05, 3.63) is 22.4 Å². The SMILES string of the molecule is CN(CC#N)CCc1ccsc1. The van der Waals surface area contributed by atoms with Gasteiger partial charge in [-0.2, -0.15) is 16.6 Å². The lowest BCUT2D eigenvalue weighted by molar-refractivity contribution is 0.379. The van der Waals surface area contributed by atoms with Crippen LogP contribution < -0.4 is 0 Å². The van der Waals surface area contributed by atoms with Gasteiger partial charge >= 0.3 is 0 Å². The predicted octanol–water partition coefficient (Wildman–Crippen LogP) is 1.75. The third-order valence-corrected chi connectivity index (χ3v) is 2.43. The summed E-state index contributed by atoms with van der Waals surface area (Å²) >= 11 is 1.72. The topological polar surface area (TPSA) is 27.0 Å². The van der Waals surface area contributed by atoms with Gasteiger partial charge < -0.3 is 0 Å². The summed E-state index contributed by atoms with van der Waals surface area (Å²) < 4.78 is 0. The highest BCUT2D eigenvalue weighted by Crippen LogP contribution is 2.06. The van der Waals surface area contributed by atoms with Crippen LogP contribution in [0.1, 0.15) is 5.56 Å². The first-order valence-corrected chi connectivity index (χ1v) is 4.84. The van der Waals surface area contributed by atoms with Crippen LogP contribution in [0.3, 0.4) is 0 Å². The van der Waals surface area contributed by atoms with E-state index in [2.05, 4.69) is 22.9 Å². The normalized spacial score (nSPS) is 10.1. The first kappa shape index (κ1) is 9.24. The van der Waals surface area contributed by atoms with Crippen molar-refractivity contribution in [2.45, 2.75) is 6.42 Å². The van der Waals surface area contributed by atoms with Crippen LogP contribution in [-0.2, 0) is 6.42 Å². The minimum Gasteiger partial charge on any atom is -0.293 e. The van der Waals surface area contributed by atoms with Crippen LogP contribution in [0.25, 0.3) is 0 Å². The van der Waals surface area contributed by atoms with E-state index in [1.165, 1.54) is 5.56 Å². The van der Waals surface area contributed by atoms with Gasteiger partial charge in [-0.15, -0.1) is 0 Å². The van der Waals surface area contributed by atoms with E-state index in [1.54, 1.807) is 11.3 Å². The molecule has 0 bridgehead atoms. The lowest BCUT2D eigenvalue weighted by Gasteiger charge is -2.10. The van der Waals surface area contributed by atoms with Crippen molar-refractivity contribution in [3.63, 3.8) is 0 Å². The Morgan fingerprint density at radius 2 is 2.50 bits per heavy atom. The molecule has 3 heteroatoms. The molecule has 2 nitrogen and oxygen atoms in total. The van der Waals surface area contributed by atoms with Crippen molar-refractivity contribution in [1.82, 2.24) is 4.90 Å². The van der Waals surface area contributed by atoms with Gasteiger partial charge in [0, 0.05) is 6.54 Å². The van der Waals surface area contributed by atoms with Crippen LogP contribution in [0.2, 0.25) is 0 Å². The Kier molecular flexibility index (Phi) is 3.78. The van der Waals surface area contributed by atoms with Crippen LogP contribution >= 0.6 is 11.3 Å². The third kappa shape index (κ3) is 3.04. The van der Waals surface area contributed by atoms with E-state index in [0.717, 1.165) is 13.0 Å². The second-order valence-corrected chi connectivity index (χ2v) is 3.56. The van der Waals surface area contributed by atoms with Gasteiger partial charge in [0.1, 0.15) is 0 Å². The van der Waals surface area contributed by atoms with Gasteiger partial charge in [-0.05, 0) is 35.9 Å². The first-order valence-electron chi connectivity index (χ1n) is 3.89. The van der Waals surface area contributed by atoms with E-state index in [0.29, 0.717) is 6.54 Å². The Hall–Kier alpha value is -0.850. The molecule has 0 atom stereocenters. The zero-order valence-electron chi connectivity index (χ0n) is 7.16. The number of likely N-dealkylation sites (N-methyl/N-ethyl adjacent to an activating group) is 1. The molecule has 0 radical (unpaired) electrons. The molecule has 0 aliphatic heterocycles. The molecule has 0 amide bonds. The minimum atomic E-state index is 0.518. The number of nitriles is 1. The second-order valence-electron chi connectivity index (χ2n) is 2.78. The Bertz CT molecular complexity index is 248. The van der Waals surface area contributed by atoms with E-state index in [1.807, 2.05) is 11.9 Å². The van der Waals surface area contributed by atoms with Crippen molar-refractivity contribution in [3.8, 4) is 6.07 Å². The van der Waals surface area contributed by atoms with Crippen molar-refractivity contribution >= 4 is 11.3 Å². The average molecular weight is 180 g/mol. The Balaban J connectivity index is 2.23. The molecule has 0 fully saturated rings. The summed E-state index contributed by atoms with van der Waals surface area (Å²) in [4.78, 5) is 2.03. The zero-order chi connectivity index (χ0) is 8.81. The molecule has 0 aromatic carbocycles. The average Bonchev–Trinajstić information content (AvgIpc) is 2.53. The number of hydrogen-bond donors (Lipinski definition) is 0. The van der Waals surface area contributed by atoms with E-state index >= 15 is 0 Å². The van der Waals surface area contributed by atoms with Crippen LogP contribution in [0.15, 0.2) is 16.8 Å². The summed E-state index contributed by atoms with van der Waals surface area (Å²) in [5.74, 6) is 0. The monoisotopic (exact) mass is 180 g/mol. The predicted molar refractivity (Wildman–Crippen MR) is 51.1 cm³/mol. The standard InChI is InChI=1S/C9H12N2S/c1-11(6-4-10)5-2-9-3-7-12-8-9/h3,7-8H,2,5-6H2,1H3. The highest BCUT2D eigenvalue weighted by atomic mass is 32.1. The quantitative estimate of drug-likeness (QED) is 0.660. The largest absolute Gasteiger partial charge is 0.293 e. The second kappa shape index (κ2) is 4.91. The van der Waals surface area contributed by atoms with Gasteiger partial charge in [0.25, 0.3) is 0 Å². The molecule has 1 heterocycles. The molecule has 0 unspecified atom stereocenters. The molecule has 1 aromatic heterocycles. The van der Waals surface area contributed by atoms with Crippen LogP contribution in [0.4, 0.5) is 0 Å². The van der Waals surface area contributed by atoms with Crippen molar-refractivity contribution in [2.24, 2.45) is 0 Å². The van der Waals surface area contributed by atoms with Gasteiger partial charge in [0.15, 0.2) is 0 Å². The van der Waals surface area contributed by atoms with Crippen molar-refractivity contribution < 1.29 is 0 Å². The molecule has 0 saturated carbocycles. The summed E-state index contributed by atoms with van der Waals surface area (Å²) in [5, 5.41) is 12.6. The van der Waals surface area contributed by atoms with Crippen LogP contribution in [-0.4, -0.2) is 25.0 Å².